The van der Waals surface area contributed by atoms with Crippen molar-refractivity contribution in [2.75, 3.05) is 0 Å². The van der Waals surface area contributed by atoms with E-state index >= 15 is 0 Å². The second-order valence-electron chi connectivity index (χ2n) is 4.47. The first-order valence-corrected chi connectivity index (χ1v) is 7.07. The lowest BCUT2D eigenvalue weighted by molar-refractivity contribution is 0.490. The highest BCUT2D eigenvalue weighted by atomic mass is 32.1. The summed E-state index contributed by atoms with van der Waals surface area (Å²) < 4.78 is 0. The normalized spacial score (nSPS) is 12.6. The van der Waals surface area contributed by atoms with Crippen molar-refractivity contribution in [2.24, 2.45) is 5.84 Å². The van der Waals surface area contributed by atoms with Crippen molar-refractivity contribution in [3.8, 4) is 0 Å². The van der Waals surface area contributed by atoms with E-state index in [9.17, 15) is 0 Å². The summed E-state index contributed by atoms with van der Waals surface area (Å²) in [7, 11) is 0. The van der Waals surface area contributed by atoms with Gasteiger partial charge in [0, 0.05) is 23.5 Å². The van der Waals surface area contributed by atoms with E-state index in [4.69, 9.17) is 5.84 Å². The Labute approximate surface area is 112 Å². The van der Waals surface area contributed by atoms with E-state index in [0.717, 1.165) is 30.0 Å². The maximum Gasteiger partial charge on any atom is 0.0944 e. The highest BCUT2D eigenvalue weighted by molar-refractivity contribution is 7.09. The molecule has 0 aliphatic rings. The summed E-state index contributed by atoms with van der Waals surface area (Å²) in [6.07, 6.45) is 2.97. The van der Waals surface area contributed by atoms with Gasteiger partial charge in [-0.3, -0.25) is 11.3 Å². The molecule has 0 amide bonds. The van der Waals surface area contributed by atoms with Gasteiger partial charge in [0.25, 0.3) is 0 Å². The molecule has 0 aliphatic heterocycles. The highest BCUT2D eigenvalue weighted by Crippen LogP contribution is 2.13. The Morgan fingerprint density at radius 2 is 2.11 bits per heavy atom. The summed E-state index contributed by atoms with van der Waals surface area (Å²) in [5.74, 6) is 5.62. The van der Waals surface area contributed by atoms with Crippen molar-refractivity contribution in [3.63, 3.8) is 0 Å². The first kappa shape index (κ1) is 13.2. The maximum atomic E-state index is 5.62. The molecule has 0 fully saturated rings. The third kappa shape index (κ3) is 3.91. The van der Waals surface area contributed by atoms with Crippen molar-refractivity contribution in [1.82, 2.24) is 10.4 Å². The first-order valence-electron chi connectivity index (χ1n) is 6.19. The van der Waals surface area contributed by atoms with Crippen LogP contribution in [0.3, 0.4) is 0 Å². The smallest absolute Gasteiger partial charge is 0.0944 e. The SMILES string of the molecule is Cc1csc(CC(CCc2ccccc2)NN)n1. The van der Waals surface area contributed by atoms with Gasteiger partial charge in [0.1, 0.15) is 0 Å². The van der Waals surface area contributed by atoms with Crippen LogP contribution >= 0.6 is 11.3 Å². The van der Waals surface area contributed by atoms with Gasteiger partial charge >= 0.3 is 0 Å². The second-order valence-corrected chi connectivity index (χ2v) is 5.42. The standard InChI is InChI=1S/C14H19N3S/c1-11-10-18-14(16-11)9-13(17-15)8-7-12-5-3-2-4-6-12/h2-6,10,13,17H,7-9,15H2,1H3. The monoisotopic (exact) mass is 261 g/mol. The van der Waals surface area contributed by atoms with Crippen LogP contribution in [0, 0.1) is 6.92 Å². The van der Waals surface area contributed by atoms with Crippen molar-refractivity contribution in [2.45, 2.75) is 32.2 Å². The quantitative estimate of drug-likeness (QED) is 0.620. The molecule has 0 aliphatic carbocycles. The Morgan fingerprint density at radius 3 is 2.72 bits per heavy atom. The van der Waals surface area contributed by atoms with Crippen LogP contribution in [0.4, 0.5) is 0 Å². The second kappa shape index (κ2) is 6.64. The Kier molecular flexibility index (Phi) is 4.87. The number of aryl methyl sites for hydroxylation is 2. The van der Waals surface area contributed by atoms with Crippen molar-refractivity contribution < 1.29 is 0 Å². The molecule has 1 aromatic heterocycles. The third-order valence-electron chi connectivity index (χ3n) is 2.95. The Bertz CT molecular complexity index is 467. The lowest BCUT2D eigenvalue weighted by atomic mass is 10.0. The van der Waals surface area contributed by atoms with E-state index in [2.05, 4.69) is 40.1 Å². The lowest BCUT2D eigenvalue weighted by Crippen LogP contribution is -2.37. The predicted molar refractivity (Wildman–Crippen MR) is 76.4 cm³/mol. The zero-order valence-corrected chi connectivity index (χ0v) is 11.4. The number of hydrogen-bond acceptors (Lipinski definition) is 4. The summed E-state index contributed by atoms with van der Waals surface area (Å²) in [4.78, 5) is 4.48. The zero-order chi connectivity index (χ0) is 12.8. The van der Waals surface area contributed by atoms with E-state index in [1.165, 1.54) is 5.56 Å². The van der Waals surface area contributed by atoms with Crippen molar-refractivity contribution in [3.05, 3.63) is 52.0 Å². The van der Waals surface area contributed by atoms with Crippen LogP contribution in [-0.2, 0) is 12.8 Å². The molecule has 3 nitrogen and oxygen atoms in total. The minimum absolute atomic E-state index is 0.288. The molecule has 0 spiro atoms. The van der Waals surface area contributed by atoms with Gasteiger partial charge in [-0.25, -0.2) is 4.98 Å². The molecule has 96 valence electrons. The minimum atomic E-state index is 0.288. The van der Waals surface area contributed by atoms with Crippen LogP contribution in [0.15, 0.2) is 35.7 Å². The molecule has 4 heteroatoms. The van der Waals surface area contributed by atoms with Crippen LogP contribution in [0.25, 0.3) is 0 Å². The summed E-state index contributed by atoms with van der Waals surface area (Å²) >= 11 is 1.71. The van der Waals surface area contributed by atoms with Gasteiger partial charge < -0.3 is 0 Å². The van der Waals surface area contributed by atoms with Gasteiger partial charge in [-0.2, -0.15) is 0 Å². The van der Waals surface area contributed by atoms with E-state index in [1.807, 2.05) is 13.0 Å². The minimum Gasteiger partial charge on any atom is -0.271 e. The van der Waals surface area contributed by atoms with Crippen molar-refractivity contribution >= 4 is 11.3 Å². The van der Waals surface area contributed by atoms with Gasteiger partial charge in [0.15, 0.2) is 0 Å². The fourth-order valence-corrected chi connectivity index (χ4v) is 2.79. The summed E-state index contributed by atoms with van der Waals surface area (Å²) in [6.45, 7) is 2.02. The number of benzene rings is 1. The molecule has 18 heavy (non-hydrogen) atoms. The number of nitrogens with one attached hydrogen (secondary N) is 1. The fourth-order valence-electron chi connectivity index (χ4n) is 1.94. The number of nitrogens with zero attached hydrogens (tertiary/aromatic N) is 1. The predicted octanol–water partition coefficient (Wildman–Crippen LogP) is 2.46. The number of nitrogens with two attached hydrogens (primary N) is 1. The van der Waals surface area contributed by atoms with Gasteiger partial charge in [-0.05, 0) is 25.3 Å². The maximum absolute atomic E-state index is 5.62. The molecule has 1 aromatic carbocycles. The molecule has 0 radical (unpaired) electrons. The van der Waals surface area contributed by atoms with E-state index < -0.39 is 0 Å². The highest BCUT2D eigenvalue weighted by Gasteiger charge is 2.10. The average Bonchev–Trinajstić information content (AvgIpc) is 2.81. The number of aromatic nitrogens is 1. The van der Waals surface area contributed by atoms with E-state index in [-0.39, 0.29) is 6.04 Å². The zero-order valence-electron chi connectivity index (χ0n) is 10.6. The Morgan fingerprint density at radius 1 is 1.33 bits per heavy atom. The lowest BCUT2D eigenvalue weighted by Gasteiger charge is -2.14. The van der Waals surface area contributed by atoms with Gasteiger partial charge in [-0.15, -0.1) is 11.3 Å². The number of rotatable bonds is 6. The largest absolute Gasteiger partial charge is 0.271 e. The molecule has 2 rings (SSSR count). The summed E-state index contributed by atoms with van der Waals surface area (Å²) in [6, 6.07) is 10.8. The van der Waals surface area contributed by atoms with Crippen molar-refractivity contribution in [1.29, 1.82) is 0 Å². The molecule has 2 aromatic rings. The van der Waals surface area contributed by atoms with Crippen LogP contribution in [0.1, 0.15) is 22.7 Å². The van der Waals surface area contributed by atoms with E-state index in [0.29, 0.717) is 0 Å². The fraction of sp³-hybridized carbons (Fsp3) is 0.357. The van der Waals surface area contributed by atoms with Crippen LogP contribution < -0.4 is 11.3 Å². The number of hydrogen-bond donors (Lipinski definition) is 2. The molecule has 0 saturated carbocycles. The van der Waals surface area contributed by atoms with E-state index in [1.54, 1.807) is 11.3 Å². The van der Waals surface area contributed by atoms with Gasteiger partial charge in [0.2, 0.25) is 0 Å². The molecule has 0 saturated heterocycles. The Hall–Kier alpha value is -1.23. The molecular formula is C14H19N3S. The molecule has 1 atom stereocenters. The van der Waals surface area contributed by atoms with Gasteiger partial charge in [0.05, 0.1) is 5.01 Å². The first-order chi connectivity index (χ1) is 8.78. The summed E-state index contributed by atoms with van der Waals surface area (Å²) in [5.41, 5.74) is 5.34. The average molecular weight is 261 g/mol. The summed E-state index contributed by atoms with van der Waals surface area (Å²) in [5, 5.41) is 3.24. The molecule has 3 N–H and O–H groups in total. The molecule has 0 bridgehead atoms. The number of thiazole rings is 1. The Balaban J connectivity index is 1.86. The molecule has 1 heterocycles. The number of hydrazine groups is 1. The van der Waals surface area contributed by atoms with Crippen LogP contribution in [-0.4, -0.2) is 11.0 Å². The third-order valence-corrected chi connectivity index (χ3v) is 3.94. The molecule has 1 unspecified atom stereocenters. The molecular weight excluding hydrogens is 242 g/mol. The topological polar surface area (TPSA) is 50.9 Å². The van der Waals surface area contributed by atoms with Gasteiger partial charge in [-0.1, -0.05) is 30.3 Å². The van der Waals surface area contributed by atoms with Crippen LogP contribution in [0.2, 0.25) is 0 Å². The van der Waals surface area contributed by atoms with Crippen LogP contribution in [0.5, 0.6) is 0 Å².